The first-order valence-electron chi connectivity index (χ1n) is 7.52. The smallest absolute Gasteiger partial charge is 0.251 e. The van der Waals surface area contributed by atoms with Crippen molar-refractivity contribution in [2.75, 3.05) is 20.1 Å². The highest BCUT2D eigenvalue weighted by molar-refractivity contribution is 5.94. The molecule has 3 N–H and O–H groups in total. The summed E-state index contributed by atoms with van der Waals surface area (Å²) in [5.74, 6) is 0.769. The Morgan fingerprint density at radius 1 is 1.10 bits per heavy atom. The number of hydrogen-bond acceptors (Lipinski definition) is 2. The van der Waals surface area contributed by atoms with Gasteiger partial charge in [-0.3, -0.25) is 9.79 Å². The average molecular weight is 290 g/mol. The lowest BCUT2D eigenvalue weighted by atomic mass is 10.1. The number of nitrogens with one attached hydrogen (secondary N) is 3. The van der Waals surface area contributed by atoms with E-state index in [9.17, 15) is 4.79 Å². The molecule has 0 aliphatic heterocycles. The number of benzene rings is 1. The maximum Gasteiger partial charge on any atom is 0.251 e. The topological polar surface area (TPSA) is 65.5 Å². The summed E-state index contributed by atoms with van der Waals surface area (Å²) in [5, 5.41) is 9.30. The van der Waals surface area contributed by atoms with Crippen LogP contribution in [0.25, 0.3) is 0 Å². The molecule has 0 atom stereocenters. The second kappa shape index (κ2) is 9.80. The minimum absolute atomic E-state index is 0.0333. The number of rotatable bonds is 7. The molecule has 1 aromatic carbocycles. The summed E-state index contributed by atoms with van der Waals surface area (Å²) in [6, 6.07) is 7.60. The highest BCUT2D eigenvalue weighted by Crippen LogP contribution is 2.04. The summed E-state index contributed by atoms with van der Waals surface area (Å²) in [5.41, 5.74) is 1.80. The normalized spacial score (nSPS) is 11.1. The van der Waals surface area contributed by atoms with E-state index in [1.54, 1.807) is 7.05 Å². The molecule has 0 aliphatic rings. The molecule has 0 bridgehead atoms. The van der Waals surface area contributed by atoms with E-state index in [-0.39, 0.29) is 5.91 Å². The van der Waals surface area contributed by atoms with Crippen LogP contribution in [0, 0.1) is 0 Å². The number of carbonyl (C=O) groups is 1. The Morgan fingerprint density at radius 3 is 2.38 bits per heavy atom. The number of hydrogen-bond donors (Lipinski definition) is 3. The van der Waals surface area contributed by atoms with Gasteiger partial charge in [0.25, 0.3) is 5.91 Å². The molecule has 0 radical (unpaired) electrons. The van der Waals surface area contributed by atoms with Gasteiger partial charge < -0.3 is 16.0 Å². The highest BCUT2D eigenvalue weighted by atomic mass is 16.1. The number of guanidine groups is 1. The Kier molecular flexibility index (Phi) is 7.94. The quantitative estimate of drug-likeness (QED) is 0.408. The molecular weight excluding hydrogens is 264 g/mol. The van der Waals surface area contributed by atoms with E-state index < -0.39 is 0 Å². The second-order valence-electron chi connectivity index (χ2n) is 4.76. The van der Waals surface area contributed by atoms with Crippen LogP contribution in [-0.4, -0.2) is 32.0 Å². The molecule has 5 nitrogen and oxygen atoms in total. The molecule has 1 aromatic rings. The minimum Gasteiger partial charge on any atom is -0.356 e. The van der Waals surface area contributed by atoms with Crippen LogP contribution in [0.1, 0.15) is 42.6 Å². The average Bonchev–Trinajstić information content (AvgIpc) is 2.51. The third-order valence-electron chi connectivity index (χ3n) is 3.06. The summed E-state index contributed by atoms with van der Waals surface area (Å²) in [6.07, 6.45) is 2.28. The van der Waals surface area contributed by atoms with Crippen molar-refractivity contribution >= 4 is 11.9 Å². The maximum absolute atomic E-state index is 11.7. The largest absolute Gasteiger partial charge is 0.356 e. The van der Waals surface area contributed by atoms with E-state index in [0.717, 1.165) is 30.9 Å². The summed E-state index contributed by atoms with van der Waals surface area (Å²) >= 11 is 0. The van der Waals surface area contributed by atoms with E-state index in [2.05, 4.69) is 27.9 Å². The van der Waals surface area contributed by atoms with Crippen LogP contribution in [0.2, 0.25) is 0 Å². The van der Waals surface area contributed by atoms with Crippen LogP contribution in [0.4, 0.5) is 0 Å². The lowest BCUT2D eigenvalue weighted by Gasteiger charge is -2.11. The first kappa shape index (κ1) is 17.0. The lowest BCUT2D eigenvalue weighted by Crippen LogP contribution is -2.37. The van der Waals surface area contributed by atoms with Crippen LogP contribution >= 0.6 is 0 Å². The predicted molar refractivity (Wildman–Crippen MR) is 87.6 cm³/mol. The van der Waals surface area contributed by atoms with Gasteiger partial charge in [0.05, 0.1) is 0 Å². The van der Waals surface area contributed by atoms with E-state index in [1.807, 2.05) is 31.2 Å². The molecule has 0 spiro atoms. The van der Waals surface area contributed by atoms with Crippen LogP contribution < -0.4 is 16.0 Å². The number of amides is 1. The third-order valence-corrected chi connectivity index (χ3v) is 3.06. The van der Waals surface area contributed by atoms with Gasteiger partial charge in [-0.05, 0) is 31.0 Å². The summed E-state index contributed by atoms with van der Waals surface area (Å²) in [7, 11) is 1.76. The molecule has 1 rings (SSSR count). The van der Waals surface area contributed by atoms with Gasteiger partial charge in [-0.2, -0.15) is 0 Å². The molecule has 0 aliphatic carbocycles. The first-order chi connectivity index (χ1) is 10.2. The molecule has 21 heavy (non-hydrogen) atoms. The zero-order chi connectivity index (χ0) is 15.5. The molecule has 0 aromatic heterocycles. The van der Waals surface area contributed by atoms with Gasteiger partial charge in [0.1, 0.15) is 0 Å². The van der Waals surface area contributed by atoms with Gasteiger partial charge in [-0.15, -0.1) is 0 Å². The zero-order valence-corrected chi connectivity index (χ0v) is 13.2. The molecule has 0 unspecified atom stereocenters. The number of unbranched alkanes of at least 4 members (excludes halogenated alkanes) is 1. The fraction of sp³-hybridized carbons (Fsp3) is 0.500. The molecule has 116 valence electrons. The Hall–Kier alpha value is -2.04. The van der Waals surface area contributed by atoms with E-state index in [1.165, 1.54) is 0 Å². The van der Waals surface area contributed by atoms with Crippen molar-refractivity contribution in [3.8, 4) is 0 Å². The van der Waals surface area contributed by atoms with Crippen molar-refractivity contribution in [1.82, 2.24) is 16.0 Å². The van der Waals surface area contributed by atoms with Crippen molar-refractivity contribution in [2.24, 2.45) is 4.99 Å². The molecule has 5 heteroatoms. The van der Waals surface area contributed by atoms with Crippen LogP contribution in [0.3, 0.4) is 0 Å². The SMILES string of the molecule is CCCCNC(=NC)NCc1ccc(C(=O)NCC)cc1. The fourth-order valence-electron chi connectivity index (χ4n) is 1.83. The van der Waals surface area contributed by atoms with Gasteiger partial charge >= 0.3 is 0 Å². The Bertz CT molecular complexity index is 454. The summed E-state index contributed by atoms with van der Waals surface area (Å²) in [4.78, 5) is 15.8. The Balaban J connectivity index is 2.46. The monoisotopic (exact) mass is 290 g/mol. The van der Waals surface area contributed by atoms with E-state index in [0.29, 0.717) is 18.7 Å². The number of nitrogens with zero attached hydrogens (tertiary/aromatic N) is 1. The summed E-state index contributed by atoms with van der Waals surface area (Å²) in [6.45, 7) is 6.32. The summed E-state index contributed by atoms with van der Waals surface area (Å²) < 4.78 is 0. The molecule has 0 heterocycles. The maximum atomic E-state index is 11.7. The first-order valence-corrected chi connectivity index (χ1v) is 7.52. The standard InChI is InChI=1S/C16H26N4O/c1-4-6-11-19-16(17-3)20-12-13-7-9-14(10-8-13)15(21)18-5-2/h7-10H,4-6,11-12H2,1-3H3,(H,18,21)(H2,17,19,20). The van der Waals surface area contributed by atoms with Crippen molar-refractivity contribution in [2.45, 2.75) is 33.2 Å². The Morgan fingerprint density at radius 2 is 1.81 bits per heavy atom. The van der Waals surface area contributed by atoms with Crippen molar-refractivity contribution in [1.29, 1.82) is 0 Å². The molecule has 0 saturated carbocycles. The van der Waals surface area contributed by atoms with Crippen LogP contribution in [0.5, 0.6) is 0 Å². The predicted octanol–water partition coefficient (Wildman–Crippen LogP) is 1.90. The van der Waals surface area contributed by atoms with E-state index >= 15 is 0 Å². The molecule has 0 fully saturated rings. The molecule has 0 saturated heterocycles. The van der Waals surface area contributed by atoms with Crippen LogP contribution in [-0.2, 0) is 6.54 Å². The number of carbonyl (C=O) groups excluding carboxylic acids is 1. The third kappa shape index (κ3) is 6.29. The van der Waals surface area contributed by atoms with Gasteiger partial charge in [0, 0.05) is 32.2 Å². The molecular formula is C16H26N4O. The Labute approximate surface area is 127 Å². The zero-order valence-electron chi connectivity index (χ0n) is 13.2. The number of aliphatic imine (C=N–C) groups is 1. The van der Waals surface area contributed by atoms with E-state index in [4.69, 9.17) is 0 Å². The van der Waals surface area contributed by atoms with Gasteiger partial charge in [0.15, 0.2) is 5.96 Å². The van der Waals surface area contributed by atoms with Gasteiger partial charge in [-0.25, -0.2) is 0 Å². The fourth-order valence-corrected chi connectivity index (χ4v) is 1.83. The van der Waals surface area contributed by atoms with Crippen LogP contribution in [0.15, 0.2) is 29.3 Å². The van der Waals surface area contributed by atoms with Crippen molar-refractivity contribution in [3.63, 3.8) is 0 Å². The van der Waals surface area contributed by atoms with Crippen molar-refractivity contribution in [3.05, 3.63) is 35.4 Å². The minimum atomic E-state index is -0.0333. The van der Waals surface area contributed by atoms with Gasteiger partial charge in [0.2, 0.25) is 0 Å². The highest BCUT2D eigenvalue weighted by Gasteiger charge is 2.03. The van der Waals surface area contributed by atoms with Gasteiger partial charge in [-0.1, -0.05) is 25.5 Å². The lowest BCUT2D eigenvalue weighted by molar-refractivity contribution is 0.0956. The second-order valence-corrected chi connectivity index (χ2v) is 4.76. The van der Waals surface area contributed by atoms with Crippen molar-refractivity contribution < 1.29 is 4.79 Å². The molecule has 1 amide bonds.